The first-order valence-corrected chi connectivity index (χ1v) is 5.95. The molecule has 0 saturated carbocycles. The molecule has 86 valence electrons. The normalized spacial score (nSPS) is 13.5. The number of ether oxygens (including phenoxy) is 1. The molecule has 0 aromatic carbocycles. The lowest BCUT2D eigenvalue weighted by Gasteiger charge is -2.13. The standard InChI is InChI=1S/C12H27NO/c1-5-8-14-10-12(4)6-7-13-9-11(2)3/h11-13H,5-10H2,1-4H3. The van der Waals surface area contributed by atoms with Crippen molar-refractivity contribution in [2.24, 2.45) is 11.8 Å². The quantitative estimate of drug-likeness (QED) is 0.579. The molecule has 2 nitrogen and oxygen atoms in total. The molecule has 0 fully saturated rings. The zero-order chi connectivity index (χ0) is 10.8. The van der Waals surface area contributed by atoms with E-state index in [9.17, 15) is 0 Å². The predicted octanol–water partition coefficient (Wildman–Crippen LogP) is 2.68. The maximum absolute atomic E-state index is 5.49. The van der Waals surface area contributed by atoms with E-state index in [1.54, 1.807) is 0 Å². The topological polar surface area (TPSA) is 21.3 Å². The lowest BCUT2D eigenvalue weighted by Crippen LogP contribution is -2.23. The van der Waals surface area contributed by atoms with Crippen LogP contribution in [0.3, 0.4) is 0 Å². The molecule has 0 radical (unpaired) electrons. The van der Waals surface area contributed by atoms with Crippen molar-refractivity contribution in [3.63, 3.8) is 0 Å². The molecule has 0 aliphatic heterocycles. The van der Waals surface area contributed by atoms with Crippen molar-refractivity contribution in [3.05, 3.63) is 0 Å². The molecule has 1 unspecified atom stereocenters. The van der Waals surface area contributed by atoms with Crippen molar-refractivity contribution in [2.45, 2.75) is 40.5 Å². The summed E-state index contributed by atoms with van der Waals surface area (Å²) in [7, 11) is 0. The van der Waals surface area contributed by atoms with Gasteiger partial charge in [0, 0.05) is 13.2 Å². The molecule has 1 atom stereocenters. The molecular weight excluding hydrogens is 174 g/mol. The molecule has 1 N–H and O–H groups in total. The van der Waals surface area contributed by atoms with Gasteiger partial charge in [0.25, 0.3) is 0 Å². The van der Waals surface area contributed by atoms with Crippen LogP contribution in [-0.4, -0.2) is 26.3 Å². The Morgan fingerprint density at radius 2 is 1.93 bits per heavy atom. The molecule has 14 heavy (non-hydrogen) atoms. The van der Waals surface area contributed by atoms with Crippen molar-refractivity contribution in [2.75, 3.05) is 26.3 Å². The van der Waals surface area contributed by atoms with E-state index in [4.69, 9.17) is 4.74 Å². The number of rotatable bonds is 9. The van der Waals surface area contributed by atoms with Crippen LogP contribution in [0, 0.1) is 11.8 Å². The van der Waals surface area contributed by atoms with Gasteiger partial charge in [0.15, 0.2) is 0 Å². The second kappa shape index (κ2) is 9.47. The Balaban J connectivity index is 3.14. The Bertz CT molecular complexity index is 115. The van der Waals surface area contributed by atoms with Gasteiger partial charge in [-0.15, -0.1) is 0 Å². The van der Waals surface area contributed by atoms with Gasteiger partial charge in [0.1, 0.15) is 0 Å². The Kier molecular flexibility index (Phi) is 9.42. The van der Waals surface area contributed by atoms with E-state index in [1.165, 1.54) is 6.42 Å². The molecule has 0 aromatic rings. The third-order valence-electron chi connectivity index (χ3n) is 2.12. The smallest absolute Gasteiger partial charge is 0.0492 e. The first-order chi connectivity index (χ1) is 6.66. The van der Waals surface area contributed by atoms with Crippen molar-refractivity contribution in [1.82, 2.24) is 5.32 Å². The molecule has 2 heteroatoms. The van der Waals surface area contributed by atoms with Gasteiger partial charge in [0.05, 0.1) is 0 Å². The Morgan fingerprint density at radius 1 is 1.21 bits per heavy atom. The summed E-state index contributed by atoms with van der Waals surface area (Å²) < 4.78 is 5.49. The fraction of sp³-hybridized carbons (Fsp3) is 1.00. The number of hydrogen-bond donors (Lipinski definition) is 1. The van der Waals surface area contributed by atoms with Gasteiger partial charge in [-0.2, -0.15) is 0 Å². The monoisotopic (exact) mass is 201 g/mol. The van der Waals surface area contributed by atoms with Crippen LogP contribution >= 0.6 is 0 Å². The summed E-state index contributed by atoms with van der Waals surface area (Å²) in [6.07, 6.45) is 2.34. The maximum atomic E-state index is 5.49. The van der Waals surface area contributed by atoms with Gasteiger partial charge in [-0.25, -0.2) is 0 Å². The van der Waals surface area contributed by atoms with Crippen molar-refractivity contribution < 1.29 is 4.74 Å². The van der Waals surface area contributed by atoms with E-state index in [-0.39, 0.29) is 0 Å². The second-order valence-corrected chi connectivity index (χ2v) is 4.57. The van der Waals surface area contributed by atoms with E-state index >= 15 is 0 Å². The Labute approximate surface area is 89.4 Å². The van der Waals surface area contributed by atoms with Crippen molar-refractivity contribution >= 4 is 0 Å². The third kappa shape index (κ3) is 10.0. The van der Waals surface area contributed by atoms with Crippen LogP contribution in [0.25, 0.3) is 0 Å². The first-order valence-electron chi connectivity index (χ1n) is 5.95. The molecule has 0 amide bonds. The van der Waals surface area contributed by atoms with Gasteiger partial charge < -0.3 is 10.1 Å². The van der Waals surface area contributed by atoms with Crippen LogP contribution in [0.15, 0.2) is 0 Å². The van der Waals surface area contributed by atoms with Crippen LogP contribution in [0.4, 0.5) is 0 Å². The average molecular weight is 201 g/mol. The predicted molar refractivity (Wildman–Crippen MR) is 62.6 cm³/mol. The number of nitrogens with one attached hydrogen (secondary N) is 1. The minimum Gasteiger partial charge on any atom is -0.381 e. The van der Waals surface area contributed by atoms with Gasteiger partial charge in [-0.3, -0.25) is 0 Å². The van der Waals surface area contributed by atoms with Gasteiger partial charge in [0.2, 0.25) is 0 Å². The summed E-state index contributed by atoms with van der Waals surface area (Å²) in [5.74, 6) is 1.43. The van der Waals surface area contributed by atoms with E-state index in [2.05, 4.69) is 33.0 Å². The highest BCUT2D eigenvalue weighted by Crippen LogP contribution is 2.01. The minimum atomic E-state index is 0.682. The summed E-state index contributed by atoms with van der Waals surface area (Å²) >= 11 is 0. The zero-order valence-corrected chi connectivity index (χ0v) is 10.3. The molecule has 0 bridgehead atoms. The van der Waals surface area contributed by atoms with Gasteiger partial charge in [-0.1, -0.05) is 27.7 Å². The van der Waals surface area contributed by atoms with Crippen molar-refractivity contribution in [3.8, 4) is 0 Å². The Morgan fingerprint density at radius 3 is 2.50 bits per heavy atom. The Hall–Kier alpha value is -0.0800. The average Bonchev–Trinajstić information content (AvgIpc) is 2.13. The summed E-state index contributed by atoms with van der Waals surface area (Å²) in [4.78, 5) is 0. The molecule has 0 aromatic heterocycles. The van der Waals surface area contributed by atoms with E-state index in [0.717, 1.165) is 38.6 Å². The highest BCUT2D eigenvalue weighted by Gasteiger charge is 2.01. The molecule has 0 aliphatic rings. The van der Waals surface area contributed by atoms with E-state index < -0.39 is 0 Å². The van der Waals surface area contributed by atoms with Crippen molar-refractivity contribution in [1.29, 1.82) is 0 Å². The van der Waals surface area contributed by atoms with Gasteiger partial charge in [-0.05, 0) is 37.8 Å². The second-order valence-electron chi connectivity index (χ2n) is 4.57. The summed E-state index contributed by atoms with van der Waals surface area (Å²) in [5, 5.41) is 3.45. The fourth-order valence-electron chi connectivity index (χ4n) is 1.25. The molecule has 0 aliphatic carbocycles. The van der Waals surface area contributed by atoms with Crippen LogP contribution in [0.5, 0.6) is 0 Å². The fourth-order valence-corrected chi connectivity index (χ4v) is 1.25. The maximum Gasteiger partial charge on any atom is 0.0492 e. The van der Waals surface area contributed by atoms with E-state index in [0.29, 0.717) is 5.92 Å². The summed E-state index contributed by atoms with van der Waals surface area (Å²) in [6, 6.07) is 0. The SMILES string of the molecule is CCCOCC(C)CCNCC(C)C. The molecular formula is C12H27NO. The lowest BCUT2D eigenvalue weighted by atomic mass is 10.1. The van der Waals surface area contributed by atoms with Crippen LogP contribution in [-0.2, 0) is 4.74 Å². The summed E-state index contributed by atoms with van der Waals surface area (Å²) in [5.41, 5.74) is 0. The first kappa shape index (κ1) is 13.9. The lowest BCUT2D eigenvalue weighted by molar-refractivity contribution is 0.102. The van der Waals surface area contributed by atoms with Crippen LogP contribution < -0.4 is 5.32 Å². The highest BCUT2D eigenvalue weighted by atomic mass is 16.5. The molecule has 0 rings (SSSR count). The van der Waals surface area contributed by atoms with Crippen LogP contribution in [0.2, 0.25) is 0 Å². The summed E-state index contributed by atoms with van der Waals surface area (Å²) in [6.45, 7) is 12.9. The van der Waals surface area contributed by atoms with Gasteiger partial charge >= 0.3 is 0 Å². The largest absolute Gasteiger partial charge is 0.381 e. The zero-order valence-electron chi connectivity index (χ0n) is 10.3. The van der Waals surface area contributed by atoms with E-state index in [1.807, 2.05) is 0 Å². The minimum absolute atomic E-state index is 0.682. The highest BCUT2D eigenvalue weighted by molar-refractivity contribution is 4.56. The molecule has 0 heterocycles. The number of hydrogen-bond acceptors (Lipinski definition) is 2. The molecule has 0 saturated heterocycles. The van der Waals surface area contributed by atoms with Crippen LogP contribution in [0.1, 0.15) is 40.5 Å². The third-order valence-corrected chi connectivity index (χ3v) is 2.12. The molecule has 0 spiro atoms.